The Hall–Kier alpha value is -1.48. The SMILES string of the molecule is CCCC(Cc1nnc(C)c2ccccc12)NC. The van der Waals surface area contributed by atoms with Gasteiger partial charge in [-0.1, -0.05) is 37.6 Å². The molecule has 1 aromatic heterocycles. The van der Waals surface area contributed by atoms with E-state index in [1.54, 1.807) is 0 Å². The van der Waals surface area contributed by atoms with Gasteiger partial charge in [0.15, 0.2) is 0 Å². The third-order valence-electron chi connectivity index (χ3n) is 3.43. The molecule has 1 atom stereocenters. The maximum absolute atomic E-state index is 4.39. The van der Waals surface area contributed by atoms with Gasteiger partial charge in [0.05, 0.1) is 11.4 Å². The molecule has 2 rings (SSSR count). The number of hydrogen-bond acceptors (Lipinski definition) is 3. The molecule has 1 heterocycles. The van der Waals surface area contributed by atoms with Gasteiger partial charge in [0.25, 0.3) is 0 Å². The summed E-state index contributed by atoms with van der Waals surface area (Å²) in [6, 6.07) is 8.88. The summed E-state index contributed by atoms with van der Waals surface area (Å²) >= 11 is 0. The fourth-order valence-electron chi connectivity index (χ4n) is 2.37. The minimum absolute atomic E-state index is 0.482. The van der Waals surface area contributed by atoms with Crippen LogP contribution in [0.25, 0.3) is 10.8 Å². The number of benzene rings is 1. The van der Waals surface area contributed by atoms with Crippen LogP contribution in [-0.4, -0.2) is 23.3 Å². The quantitative estimate of drug-likeness (QED) is 0.877. The highest BCUT2D eigenvalue weighted by Gasteiger charge is 2.11. The number of nitrogens with one attached hydrogen (secondary N) is 1. The fraction of sp³-hybridized carbons (Fsp3) is 0.467. The molecule has 0 bridgehead atoms. The van der Waals surface area contributed by atoms with Gasteiger partial charge in [0, 0.05) is 23.2 Å². The van der Waals surface area contributed by atoms with Crippen molar-refractivity contribution in [3.63, 3.8) is 0 Å². The van der Waals surface area contributed by atoms with Gasteiger partial charge in [-0.05, 0) is 20.4 Å². The van der Waals surface area contributed by atoms with E-state index in [2.05, 4.69) is 46.7 Å². The van der Waals surface area contributed by atoms with E-state index in [9.17, 15) is 0 Å². The molecule has 0 aliphatic carbocycles. The second-order valence-corrected chi connectivity index (χ2v) is 4.76. The molecule has 0 amide bonds. The molecule has 1 N–H and O–H groups in total. The van der Waals surface area contributed by atoms with E-state index in [1.807, 2.05) is 14.0 Å². The van der Waals surface area contributed by atoms with Crippen LogP contribution in [0.1, 0.15) is 31.2 Å². The van der Waals surface area contributed by atoms with E-state index in [1.165, 1.54) is 23.6 Å². The fourth-order valence-corrected chi connectivity index (χ4v) is 2.37. The largest absolute Gasteiger partial charge is 0.317 e. The zero-order valence-corrected chi connectivity index (χ0v) is 11.4. The molecule has 0 saturated carbocycles. The lowest BCUT2D eigenvalue weighted by atomic mass is 10.0. The standard InChI is InChI=1S/C15H21N3/c1-4-7-12(16-3)10-15-14-9-6-5-8-13(14)11(2)17-18-15/h5-6,8-9,12,16H,4,7,10H2,1-3H3. The Morgan fingerprint density at radius 2 is 1.89 bits per heavy atom. The zero-order valence-electron chi connectivity index (χ0n) is 11.4. The third kappa shape index (κ3) is 2.67. The van der Waals surface area contributed by atoms with Crippen molar-refractivity contribution in [2.75, 3.05) is 7.05 Å². The smallest absolute Gasteiger partial charge is 0.0725 e. The Morgan fingerprint density at radius 3 is 2.56 bits per heavy atom. The van der Waals surface area contributed by atoms with E-state index in [0.29, 0.717) is 6.04 Å². The highest BCUT2D eigenvalue weighted by atomic mass is 15.1. The van der Waals surface area contributed by atoms with Gasteiger partial charge >= 0.3 is 0 Å². The van der Waals surface area contributed by atoms with Crippen LogP contribution < -0.4 is 5.32 Å². The number of fused-ring (bicyclic) bond motifs is 1. The number of aryl methyl sites for hydroxylation is 1. The molecular formula is C15H21N3. The lowest BCUT2D eigenvalue weighted by molar-refractivity contribution is 0.508. The normalized spacial score (nSPS) is 12.8. The number of rotatable bonds is 5. The minimum atomic E-state index is 0.482. The molecule has 0 aliphatic heterocycles. The lowest BCUT2D eigenvalue weighted by Gasteiger charge is -2.15. The highest BCUT2D eigenvalue weighted by Crippen LogP contribution is 2.20. The van der Waals surface area contributed by atoms with Gasteiger partial charge < -0.3 is 5.32 Å². The van der Waals surface area contributed by atoms with Crippen molar-refractivity contribution < 1.29 is 0 Å². The van der Waals surface area contributed by atoms with Crippen LogP contribution in [0, 0.1) is 6.92 Å². The number of aromatic nitrogens is 2. The number of hydrogen-bond donors (Lipinski definition) is 1. The molecule has 0 spiro atoms. The molecule has 0 saturated heterocycles. The van der Waals surface area contributed by atoms with Crippen LogP contribution in [0.15, 0.2) is 24.3 Å². The van der Waals surface area contributed by atoms with Crippen molar-refractivity contribution in [1.82, 2.24) is 15.5 Å². The summed E-state index contributed by atoms with van der Waals surface area (Å²) in [6.45, 7) is 4.23. The van der Waals surface area contributed by atoms with E-state index >= 15 is 0 Å². The first-order valence-electron chi connectivity index (χ1n) is 6.64. The van der Waals surface area contributed by atoms with Crippen LogP contribution in [0.2, 0.25) is 0 Å². The summed E-state index contributed by atoms with van der Waals surface area (Å²) in [5, 5.41) is 14.5. The summed E-state index contributed by atoms with van der Waals surface area (Å²) in [7, 11) is 2.02. The second kappa shape index (κ2) is 5.91. The molecule has 18 heavy (non-hydrogen) atoms. The van der Waals surface area contributed by atoms with E-state index in [0.717, 1.165) is 17.8 Å². The molecular weight excluding hydrogens is 222 g/mol. The average Bonchev–Trinajstić information content (AvgIpc) is 2.41. The molecule has 0 radical (unpaired) electrons. The average molecular weight is 243 g/mol. The molecule has 0 fully saturated rings. The van der Waals surface area contributed by atoms with Gasteiger partial charge in [-0.3, -0.25) is 0 Å². The van der Waals surface area contributed by atoms with Gasteiger partial charge in [-0.2, -0.15) is 10.2 Å². The summed E-state index contributed by atoms with van der Waals surface area (Å²) in [4.78, 5) is 0. The Kier molecular flexibility index (Phi) is 4.26. The van der Waals surface area contributed by atoms with E-state index in [4.69, 9.17) is 0 Å². The molecule has 0 aliphatic rings. The molecule has 3 heteroatoms. The Morgan fingerprint density at radius 1 is 1.17 bits per heavy atom. The Labute approximate surface area is 109 Å². The zero-order chi connectivity index (χ0) is 13.0. The topological polar surface area (TPSA) is 37.8 Å². The maximum Gasteiger partial charge on any atom is 0.0725 e. The first-order chi connectivity index (χ1) is 8.76. The summed E-state index contributed by atoms with van der Waals surface area (Å²) in [5.74, 6) is 0. The van der Waals surface area contributed by atoms with Crippen LogP contribution in [0.5, 0.6) is 0 Å². The number of likely N-dealkylation sites (N-methyl/N-ethyl adjacent to an activating group) is 1. The lowest BCUT2D eigenvalue weighted by Crippen LogP contribution is -2.27. The van der Waals surface area contributed by atoms with Crippen molar-refractivity contribution in [3.05, 3.63) is 35.7 Å². The summed E-state index contributed by atoms with van der Waals surface area (Å²) < 4.78 is 0. The summed E-state index contributed by atoms with van der Waals surface area (Å²) in [5.41, 5.74) is 2.11. The predicted octanol–water partition coefficient (Wildman–Crippen LogP) is 2.87. The van der Waals surface area contributed by atoms with Crippen LogP contribution in [0.4, 0.5) is 0 Å². The van der Waals surface area contributed by atoms with Gasteiger partial charge in [-0.15, -0.1) is 0 Å². The van der Waals surface area contributed by atoms with E-state index < -0.39 is 0 Å². The molecule has 1 unspecified atom stereocenters. The minimum Gasteiger partial charge on any atom is -0.317 e. The first-order valence-corrected chi connectivity index (χ1v) is 6.64. The van der Waals surface area contributed by atoms with Crippen molar-refractivity contribution in [1.29, 1.82) is 0 Å². The highest BCUT2D eigenvalue weighted by molar-refractivity contribution is 5.86. The second-order valence-electron chi connectivity index (χ2n) is 4.76. The summed E-state index contributed by atoms with van der Waals surface area (Å²) in [6.07, 6.45) is 3.29. The monoisotopic (exact) mass is 243 g/mol. The third-order valence-corrected chi connectivity index (χ3v) is 3.43. The molecule has 2 aromatic rings. The Bertz CT molecular complexity index is 522. The predicted molar refractivity (Wildman–Crippen MR) is 75.7 cm³/mol. The van der Waals surface area contributed by atoms with Gasteiger partial charge in [-0.25, -0.2) is 0 Å². The van der Waals surface area contributed by atoms with E-state index in [-0.39, 0.29) is 0 Å². The van der Waals surface area contributed by atoms with Crippen molar-refractivity contribution in [3.8, 4) is 0 Å². The number of nitrogens with zero attached hydrogens (tertiary/aromatic N) is 2. The van der Waals surface area contributed by atoms with Gasteiger partial charge in [0.1, 0.15) is 0 Å². The first kappa shape index (κ1) is 13.0. The Balaban J connectivity index is 2.36. The van der Waals surface area contributed by atoms with Crippen molar-refractivity contribution >= 4 is 10.8 Å². The maximum atomic E-state index is 4.39. The van der Waals surface area contributed by atoms with Gasteiger partial charge in [0.2, 0.25) is 0 Å². The van der Waals surface area contributed by atoms with Crippen molar-refractivity contribution in [2.24, 2.45) is 0 Å². The van der Waals surface area contributed by atoms with Crippen LogP contribution >= 0.6 is 0 Å². The molecule has 3 nitrogen and oxygen atoms in total. The van der Waals surface area contributed by atoms with Crippen LogP contribution in [0.3, 0.4) is 0 Å². The van der Waals surface area contributed by atoms with Crippen molar-refractivity contribution in [2.45, 2.75) is 39.2 Å². The van der Waals surface area contributed by atoms with Crippen LogP contribution in [-0.2, 0) is 6.42 Å². The molecule has 96 valence electrons. The molecule has 1 aromatic carbocycles.